The molecule has 0 aliphatic carbocycles. The molecule has 2 aromatic carbocycles. The molecule has 0 spiro atoms. The molecule has 0 bridgehead atoms. The van der Waals surface area contributed by atoms with E-state index in [1.165, 1.54) is 4.90 Å². The normalized spacial score (nSPS) is 17.0. The number of nitrogens with zero attached hydrogens (tertiary/aromatic N) is 2. The van der Waals surface area contributed by atoms with Crippen LogP contribution in [0.4, 0.5) is 13.2 Å². The van der Waals surface area contributed by atoms with Gasteiger partial charge in [0.15, 0.2) is 0 Å². The summed E-state index contributed by atoms with van der Waals surface area (Å²) in [6, 6.07) is 14.5. The van der Waals surface area contributed by atoms with E-state index in [2.05, 4.69) is 33.2 Å². The molecule has 3 atom stereocenters. The van der Waals surface area contributed by atoms with Gasteiger partial charge in [-0.25, -0.2) is 0 Å². The van der Waals surface area contributed by atoms with Crippen LogP contribution >= 0.6 is 22.6 Å². The smallest absolute Gasteiger partial charge is 0.343 e. The highest BCUT2D eigenvalue weighted by Crippen LogP contribution is 2.24. The van der Waals surface area contributed by atoms with Crippen LogP contribution in [-0.4, -0.2) is 78.5 Å². The number of hydrogen-bond acceptors (Lipinski definition) is 4. The Morgan fingerprint density at radius 2 is 1.74 bits per heavy atom. The topological polar surface area (TPSA) is 81.8 Å². The van der Waals surface area contributed by atoms with Crippen molar-refractivity contribution in [3.63, 3.8) is 0 Å². The summed E-state index contributed by atoms with van der Waals surface area (Å²) >= 11 is 2.18. The molecule has 11 heteroatoms. The Kier molecular flexibility index (Phi) is 11.2. The number of rotatable bonds is 11. The first-order valence-electron chi connectivity index (χ1n) is 12.9. The minimum Gasteiger partial charge on any atom is -0.343 e. The molecular weight excluding hydrogens is 624 g/mol. The minimum atomic E-state index is -5.02. The third-order valence-corrected chi connectivity index (χ3v) is 7.65. The summed E-state index contributed by atoms with van der Waals surface area (Å²) in [5.41, 5.74) is 1.66. The van der Waals surface area contributed by atoms with Crippen molar-refractivity contribution < 1.29 is 27.6 Å². The Hall–Kier alpha value is -2.67. The van der Waals surface area contributed by atoms with Crippen LogP contribution in [0, 0.1) is 3.57 Å². The van der Waals surface area contributed by atoms with Gasteiger partial charge in [-0.15, -0.1) is 0 Å². The number of halogens is 4. The SMILES string of the molecule is CN[C@@H](C)C(=O)N[C@@H](Cc1ccc(I)cc1)C(=O)N1CCC[C@H]1CN(CCc1ccccc1)C(=O)C(F)(F)F. The van der Waals surface area contributed by atoms with Gasteiger partial charge < -0.3 is 20.4 Å². The van der Waals surface area contributed by atoms with Gasteiger partial charge in [0.25, 0.3) is 0 Å². The standard InChI is InChI=1S/C28H34F3IN4O3/c1-19(33-2)25(37)34-24(17-21-10-12-22(32)13-11-21)26(38)36-15-6-9-23(36)18-35(27(39)28(29,30)31)16-14-20-7-4-3-5-8-20/h3-5,7-8,10-13,19,23-24,33H,6,9,14-18H2,1-2H3,(H,34,37)/t19-,23-,24-/m0/s1. The summed E-state index contributed by atoms with van der Waals surface area (Å²) in [6.45, 7) is 1.67. The Balaban J connectivity index is 1.79. The predicted molar refractivity (Wildman–Crippen MR) is 151 cm³/mol. The van der Waals surface area contributed by atoms with E-state index in [4.69, 9.17) is 0 Å². The average molecular weight is 659 g/mol. The van der Waals surface area contributed by atoms with Gasteiger partial charge in [-0.1, -0.05) is 42.5 Å². The molecule has 0 radical (unpaired) electrons. The molecule has 1 aliphatic heterocycles. The molecule has 1 fully saturated rings. The lowest BCUT2D eigenvalue weighted by atomic mass is 10.0. The lowest BCUT2D eigenvalue weighted by Crippen LogP contribution is -2.56. The number of likely N-dealkylation sites (N-methyl/N-ethyl adjacent to an activating group) is 1. The molecule has 3 amide bonds. The highest BCUT2D eigenvalue weighted by atomic mass is 127. The van der Waals surface area contributed by atoms with E-state index in [9.17, 15) is 27.6 Å². The van der Waals surface area contributed by atoms with Gasteiger partial charge in [-0.05, 0) is 79.1 Å². The monoisotopic (exact) mass is 658 g/mol. The van der Waals surface area contributed by atoms with Crippen LogP contribution in [0.25, 0.3) is 0 Å². The lowest BCUT2D eigenvalue weighted by Gasteiger charge is -2.33. The third kappa shape index (κ3) is 8.92. The number of alkyl halides is 3. The van der Waals surface area contributed by atoms with Crippen LogP contribution in [0.3, 0.4) is 0 Å². The first-order valence-corrected chi connectivity index (χ1v) is 14.0. The minimum absolute atomic E-state index is 0.122. The predicted octanol–water partition coefficient (Wildman–Crippen LogP) is 3.55. The second-order valence-electron chi connectivity index (χ2n) is 9.71. The van der Waals surface area contributed by atoms with Crippen molar-refractivity contribution in [1.29, 1.82) is 0 Å². The van der Waals surface area contributed by atoms with E-state index < -0.39 is 30.2 Å². The van der Waals surface area contributed by atoms with Gasteiger partial charge in [0.1, 0.15) is 6.04 Å². The van der Waals surface area contributed by atoms with Gasteiger partial charge in [0.05, 0.1) is 6.04 Å². The zero-order chi connectivity index (χ0) is 28.6. The van der Waals surface area contributed by atoms with E-state index >= 15 is 0 Å². The van der Waals surface area contributed by atoms with Gasteiger partial charge in [-0.3, -0.25) is 14.4 Å². The molecule has 3 rings (SSSR count). The molecule has 0 unspecified atom stereocenters. The van der Waals surface area contributed by atoms with E-state index in [-0.39, 0.29) is 37.7 Å². The van der Waals surface area contributed by atoms with E-state index in [0.29, 0.717) is 19.4 Å². The van der Waals surface area contributed by atoms with Gasteiger partial charge >= 0.3 is 12.1 Å². The quantitative estimate of drug-likeness (QED) is 0.363. The Bertz CT molecular complexity index is 1120. The van der Waals surface area contributed by atoms with Gasteiger partial charge in [0, 0.05) is 35.7 Å². The van der Waals surface area contributed by atoms with Crippen molar-refractivity contribution in [3.05, 3.63) is 69.3 Å². The first-order chi connectivity index (χ1) is 18.5. The van der Waals surface area contributed by atoms with Gasteiger partial charge in [-0.2, -0.15) is 13.2 Å². The summed E-state index contributed by atoms with van der Waals surface area (Å²) in [5.74, 6) is -2.63. The fourth-order valence-electron chi connectivity index (χ4n) is 4.62. The maximum atomic E-state index is 13.8. The molecule has 39 heavy (non-hydrogen) atoms. The zero-order valence-corrected chi connectivity index (χ0v) is 24.2. The number of hydrogen-bond donors (Lipinski definition) is 2. The first kappa shape index (κ1) is 30.9. The third-order valence-electron chi connectivity index (χ3n) is 6.93. The van der Waals surface area contributed by atoms with Crippen LogP contribution in [0.2, 0.25) is 0 Å². The molecule has 1 aliphatic rings. The van der Waals surface area contributed by atoms with E-state index in [1.807, 2.05) is 30.3 Å². The Labute approximate surface area is 240 Å². The number of amides is 3. The van der Waals surface area contributed by atoms with Crippen molar-refractivity contribution in [1.82, 2.24) is 20.4 Å². The number of likely N-dealkylation sites (tertiary alicyclic amines) is 1. The number of benzene rings is 2. The Morgan fingerprint density at radius 1 is 1.08 bits per heavy atom. The van der Waals surface area contributed by atoms with E-state index in [0.717, 1.165) is 19.6 Å². The van der Waals surface area contributed by atoms with E-state index in [1.54, 1.807) is 38.2 Å². The lowest BCUT2D eigenvalue weighted by molar-refractivity contribution is -0.186. The molecular formula is C28H34F3IN4O3. The van der Waals surface area contributed by atoms with Crippen molar-refractivity contribution in [3.8, 4) is 0 Å². The maximum Gasteiger partial charge on any atom is 0.471 e. The van der Waals surface area contributed by atoms with Crippen LogP contribution < -0.4 is 10.6 Å². The zero-order valence-electron chi connectivity index (χ0n) is 22.0. The van der Waals surface area contributed by atoms with Crippen molar-refractivity contribution >= 4 is 40.3 Å². The van der Waals surface area contributed by atoms with Crippen LogP contribution in [0.5, 0.6) is 0 Å². The fraction of sp³-hybridized carbons (Fsp3) is 0.464. The second kappa shape index (κ2) is 14.1. The summed E-state index contributed by atoms with van der Waals surface area (Å²) in [5, 5.41) is 5.67. The molecule has 0 saturated carbocycles. The number of carbonyl (C=O) groups is 3. The van der Waals surface area contributed by atoms with Crippen molar-refractivity contribution in [2.24, 2.45) is 0 Å². The summed E-state index contributed by atoms with van der Waals surface area (Å²) in [6.07, 6.45) is -3.46. The molecule has 1 heterocycles. The highest BCUT2D eigenvalue weighted by molar-refractivity contribution is 14.1. The largest absolute Gasteiger partial charge is 0.471 e. The average Bonchev–Trinajstić information content (AvgIpc) is 3.38. The highest BCUT2D eigenvalue weighted by Gasteiger charge is 2.44. The van der Waals surface area contributed by atoms with Crippen molar-refractivity contribution in [2.45, 2.75) is 56.9 Å². The molecule has 2 aromatic rings. The van der Waals surface area contributed by atoms with Crippen LogP contribution in [-0.2, 0) is 27.2 Å². The molecule has 0 aromatic heterocycles. The summed E-state index contributed by atoms with van der Waals surface area (Å²) in [4.78, 5) is 41.1. The number of carbonyl (C=O) groups excluding carboxylic acids is 3. The molecule has 1 saturated heterocycles. The summed E-state index contributed by atoms with van der Waals surface area (Å²) in [7, 11) is 1.64. The second-order valence-corrected chi connectivity index (χ2v) is 11.0. The Morgan fingerprint density at radius 3 is 2.36 bits per heavy atom. The molecule has 212 valence electrons. The summed E-state index contributed by atoms with van der Waals surface area (Å²) < 4.78 is 41.5. The van der Waals surface area contributed by atoms with Crippen molar-refractivity contribution in [2.75, 3.05) is 26.7 Å². The fourth-order valence-corrected chi connectivity index (χ4v) is 4.98. The maximum absolute atomic E-state index is 13.8. The molecule has 7 nitrogen and oxygen atoms in total. The molecule has 2 N–H and O–H groups in total. The van der Waals surface area contributed by atoms with Crippen LogP contribution in [0.15, 0.2) is 54.6 Å². The van der Waals surface area contributed by atoms with Crippen LogP contribution in [0.1, 0.15) is 30.9 Å². The number of nitrogens with one attached hydrogen (secondary N) is 2. The van der Waals surface area contributed by atoms with Gasteiger partial charge in [0.2, 0.25) is 11.8 Å².